The SMILES string of the molecule is CCCC1=Cc2c(-c3ccccc3C(C)C)cccc2[CH]1[Zr]([Cl])([Cl])([B](NC(=O)CC)NC(=O)CC)[CH]1C(CCC)=Cc2c(-c3ccccc3C(C)C)cccc21. The number of carbonyl (C=O) groups excluding carboxylic acids is 2. The topological polar surface area (TPSA) is 58.2 Å². The third-order valence-corrected chi connectivity index (χ3v) is 32.0. The molecule has 2 N–H and O–H groups in total. The molecule has 0 fully saturated rings. The molecule has 2 aliphatic rings. The van der Waals surface area contributed by atoms with E-state index in [9.17, 15) is 9.59 Å². The van der Waals surface area contributed by atoms with Gasteiger partial charge in [-0.25, -0.2) is 0 Å². The molecule has 6 rings (SSSR count). The average molecular weight is 868 g/mol. The van der Waals surface area contributed by atoms with Gasteiger partial charge >= 0.3 is 346 Å². The standard InChI is InChI=1S/2C21H23.C6H11BN2O2.2ClH.Zr/c2*1-4-8-16-13-17-9-7-12-20(21(17)14-16)19-11-6-5-10-18(19)15(2)3;1-3-5(10)8-7-9-6(11)4-2;;;/h2*5-7,9-15H,4,8H2,1-3H3;3-4H2,1-2H3,(H-,8,9,10,11);2*1H;/q;;;;;+1/p-1. The molecule has 0 spiro atoms. The first kappa shape index (κ1) is 42.4. The Hall–Kier alpha value is -3.17. The van der Waals surface area contributed by atoms with Crippen LogP contribution in [0.25, 0.3) is 34.4 Å². The Morgan fingerprint density at radius 1 is 0.589 bits per heavy atom. The molecule has 8 heteroatoms. The summed E-state index contributed by atoms with van der Waals surface area (Å²) in [5.41, 5.74) is 14.1. The van der Waals surface area contributed by atoms with Gasteiger partial charge in [0.1, 0.15) is 0 Å². The van der Waals surface area contributed by atoms with Crippen molar-refractivity contribution in [1.29, 1.82) is 0 Å². The molecule has 0 radical (unpaired) electrons. The minimum absolute atomic E-state index is 0.189. The predicted octanol–water partition coefficient (Wildman–Crippen LogP) is 13.5. The molecule has 2 unspecified atom stereocenters. The van der Waals surface area contributed by atoms with Crippen molar-refractivity contribution in [3.05, 3.63) is 129 Å². The van der Waals surface area contributed by atoms with Gasteiger partial charge in [0.25, 0.3) is 0 Å². The molecule has 0 saturated heterocycles. The molecule has 0 bridgehead atoms. The monoisotopic (exact) mass is 865 g/mol. The number of benzene rings is 4. The fourth-order valence-electron chi connectivity index (χ4n) is 9.54. The van der Waals surface area contributed by atoms with Gasteiger partial charge in [-0.2, -0.15) is 0 Å². The Morgan fingerprint density at radius 2 is 0.964 bits per heavy atom. The van der Waals surface area contributed by atoms with Crippen LogP contribution in [0.4, 0.5) is 0 Å². The zero-order valence-electron chi connectivity index (χ0n) is 34.4. The summed E-state index contributed by atoms with van der Waals surface area (Å²) in [5.74, 6) is 0.277. The number of fused-ring (bicyclic) bond motifs is 2. The maximum absolute atomic E-state index is 13.7. The predicted molar refractivity (Wildman–Crippen MR) is 238 cm³/mol. The Labute approximate surface area is 344 Å². The fourth-order valence-corrected chi connectivity index (χ4v) is 30.3. The van der Waals surface area contributed by atoms with Gasteiger partial charge in [0.05, 0.1) is 0 Å². The van der Waals surface area contributed by atoms with Crippen LogP contribution in [0.15, 0.2) is 96.1 Å². The third-order valence-electron chi connectivity index (χ3n) is 12.0. The zero-order chi connectivity index (χ0) is 40.4. The first-order valence-electron chi connectivity index (χ1n) is 20.8. The molecular formula is C48H58BCl2N2O2Zr. The van der Waals surface area contributed by atoms with Crippen molar-refractivity contribution >= 4 is 45.5 Å². The van der Waals surface area contributed by atoms with Crippen molar-refractivity contribution in [1.82, 2.24) is 10.5 Å². The molecule has 0 aromatic heterocycles. The van der Waals surface area contributed by atoms with Crippen LogP contribution in [0, 0.1) is 0 Å². The van der Waals surface area contributed by atoms with Crippen molar-refractivity contribution in [3.8, 4) is 22.3 Å². The first-order valence-corrected chi connectivity index (χ1v) is 31.4. The number of hydrogen-bond acceptors (Lipinski definition) is 2. The number of rotatable bonds is 15. The molecular weight excluding hydrogens is 809 g/mol. The van der Waals surface area contributed by atoms with E-state index in [1.165, 1.54) is 33.4 Å². The van der Waals surface area contributed by atoms with Crippen LogP contribution in [0.3, 0.4) is 0 Å². The summed E-state index contributed by atoms with van der Waals surface area (Å²) in [7, 11) is 17.8. The molecule has 0 saturated carbocycles. The summed E-state index contributed by atoms with van der Waals surface area (Å²) in [4.78, 5) is 27.4. The van der Waals surface area contributed by atoms with Crippen LogP contribution in [-0.4, -0.2) is 16.3 Å². The first-order chi connectivity index (χ1) is 26.8. The van der Waals surface area contributed by atoms with Crippen LogP contribution in [-0.2, 0) is 25.8 Å². The van der Waals surface area contributed by atoms with E-state index in [2.05, 4.69) is 149 Å². The summed E-state index contributed by atoms with van der Waals surface area (Å²) >= 11 is -5.99. The maximum atomic E-state index is 13.7. The molecule has 2 amide bonds. The second-order valence-electron chi connectivity index (χ2n) is 16.4. The van der Waals surface area contributed by atoms with Crippen LogP contribution in [0.5, 0.6) is 0 Å². The molecule has 4 aromatic carbocycles. The van der Waals surface area contributed by atoms with Gasteiger partial charge in [-0.05, 0) is 0 Å². The van der Waals surface area contributed by atoms with E-state index in [4.69, 9.17) is 17.0 Å². The van der Waals surface area contributed by atoms with Crippen LogP contribution in [0.2, 0.25) is 0 Å². The molecule has 0 heterocycles. The molecule has 0 aliphatic heterocycles. The van der Waals surface area contributed by atoms with Crippen LogP contribution in [0.1, 0.15) is 146 Å². The molecule has 2 atom stereocenters. The van der Waals surface area contributed by atoms with E-state index in [1.807, 2.05) is 13.8 Å². The average Bonchev–Trinajstić information content (AvgIpc) is 3.77. The Bertz CT molecular complexity index is 2040. The van der Waals surface area contributed by atoms with Crippen molar-refractivity contribution < 1.29 is 25.8 Å². The van der Waals surface area contributed by atoms with Crippen molar-refractivity contribution in [2.24, 2.45) is 0 Å². The van der Waals surface area contributed by atoms with E-state index in [1.54, 1.807) is 0 Å². The van der Waals surface area contributed by atoms with E-state index < -0.39 is 20.7 Å². The normalized spacial score (nSPS) is 16.8. The summed E-state index contributed by atoms with van der Waals surface area (Å²) in [6.45, 7) is 17.0. The number of hydrogen-bond donors (Lipinski definition) is 2. The molecule has 2 aliphatic carbocycles. The van der Waals surface area contributed by atoms with Gasteiger partial charge < -0.3 is 0 Å². The quantitative estimate of drug-likeness (QED) is 0.117. The molecule has 56 heavy (non-hydrogen) atoms. The minimum atomic E-state index is -5.99. The van der Waals surface area contributed by atoms with Gasteiger partial charge in [0.2, 0.25) is 0 Å². The van der Waals surface area contributed by atoms with Crippen LogP contribution >= 0.6 is 17.0 Å². The molecule has 293 valence electrons. The van der Waals surface area contributed by atoms with Crippen LogP contribution < -0.4 is 10.5 Å². The van der Waals surface area contributed by atoms with E-state index in [0.29, 0.717) is 11.8 Å². The summed E-state index contributed by atoms with van der Waals surface area (Å²) < 4.78 is -1.71. The molecule has 4 nitrogen and oxygen atoms in total. The zero-order valence-corrected chi connectivity index (χ0v) is 38.4. The molecule has 4 aromatic rings. The Morgan fingerprint density at radius 3 is 1.32 bits per heavy atom. The number of carbonyl (C=O) groups is 2. The second kappa shape index (κ2) is 17.4. The Balaban J connectivity index is 1.71. The summed E-state index contributed by atoms with van der Waals surface area (Å²) in [6.07, 6.45) is 8.55. The van der Waals surface area contributed by atoms with Gasteiger partial charge in [0.15, 0.2) is 0 Å². The number of allylic oxidation sites excluding steroid dienone is 2. The van der Waals surface area contributed by atoms with Crippen molar-refractivity contribution in [3.63, 3.8) is 0 Å². The van der Waals surface area contributed by atoms with Crippen molar-refractivity contribution in [2.45, 2.75) is 113 Å². The van der Waals surface area contributed by atoms with Gasteiger partial charge in [-0.1, -0.05) is 0 Å². The number of halogens is 2. The van der Waals surface area contributed by atoms with Gasteiger partial charge in [-0.15, -0.1) is 0 Å². The van der Waals surface area contributed by atoms with E-state index in [-0.39, 0.29) is 31.9 Å². The van der Waals surface area contributed by atoms with Crippen molar-refractivity contribution in [2.75, 3.05) is 0 Å². The number of nitrogens with one attached hydrogen (secondary N) is 2. The fraction of sp³-hybridized carbons (Fsp3) is 0.375. The summed E-state index contributed by atoms with van der Waals surface area (Å²) in [6, 6.07) is 30.4. The van der Waals surface area contributed by atoms with E-state index in [0.717, 1.165) is 59.1 Å². The second-order valence-corrected chi connectivity index (χ2v) is 37.8. The number of amides is 2. The van der Waals surface area contributed by atoms with E-state index >= 15 is 0 Å². The van der Waals surface area contributed by atoms with Gasteiger partial charge in [0, 0.05) is 0 Å². The van der Waals surface area contributed by atoms with Gasteiger partial charge in [-0.3, -0.25) is 0 Å². The summed E-state index contributed by atoms with van der Waals surface area (Å²) in [5, 5.41) is 6.60. The third kappa shape index (κ3) is 7.60. The Kier molecular flexibility index (Phi) is 13.2.